The Balaban J connectivity index is 1.60. The number of carbonyl (C=O) groups is 5. The SMILES string of the molecule is CC(=O)OC[C@@]12[C@@H](OC(C)=O)C[C@@H](C)[C@](C)([C@@H]3C[C@H]4C=CO[C@H]4O3)[C@H]1C[C@@H](O)[C@@H](OC(=O)C(C)(OC(C)=O)C(C)OC(C)=O)[C@]21CO1. The summed E-state index contributed by atoms with van der Waals surface area (Å²) in [4.78, 5) is 62.9. The topological polar surface area (TPSA) is 183 Å². The Hall–Kier alpha value is -3.23. The lowest BCUT2D eigenvalue weighted by Gasteiger charge is -2.65. The maximum atomic E-state index is 14.0. The van der Waals surface area contributed by atoms with Crippen molar-refractivity contribution in [2.45, 2.75) is 123 Å². The quantitative estimate of drug-likeness (QED) is 0.215. The van der Waals surface area contributed by atoms with Crippen molar-refractivity contribution in [2.75, 3.05) is 13.2 Å². The number of rotatable bonds is 9. The summed E-state index contributed by atoms with van der Waals surface area (Å²) in [6.07, 6.45) is -1.06. The zero-order valence-corrected chi connectivity index (χ0v) is 28.1. The molecule has 13 atom stereocenters. The molecular formula is C33H46O14. The molecule has 262 valence electrons. The van der Waals surface area contributed by atoms with Crippen LogP contribution in [0, 0.1) is 28.6 Å². The van der Waals surface area contributed by atoms with Crippen LogP contribution in [-0.4, -0.2) is 96.2 Å². The zero-order valence-electron chi connectivity index (χ0n) is 28.1. The Morgan fingerprint density at radius 3 is 2.23 bits per heavy atom. The molecule has 3 aliphatic heterocycles. The molecule has 1 spiro atoms. The summed E-state index contributed by atoms with van der Waals surface area (Å²) < 4.78 is 46.8. The number of hydrogen-bond donors (Lipinski definition) is 1. The third-order valence-corrected chi connectivity index (χ3v) is 11.4. The monoisotopic (exact) mass is 666 g/mol. The van der Waals surface area contributed by atoms with Gasteiger partial charge in [0.2, 0.25) is 11.9 Å². The van der Waals surface area contributed by atoms with E-state index in [0.29, 0.717) is 12.8 Å². The van der Waals surface area contributed by atoms with E-state index in [-0.39, 0.29) is 37.6 Å². The highest BCUT2D eigenvalue weighted by Gasteiger charge is 2.82. The van der Waals surface area contributed by atoms with Crippen LogP contribution in [0.4, 0.5) is 0 Å². The normalized spacial score (nSPS) is 41.7. The minimum Gasteiger partial charge on any atom is -0.472 e. The van der Waals surface area contributed by atoms with E-state index in [9.17, 15) is 29.1 Å². The molecule has 4 fully saturated rings. The standard InChI is InChI=1S/C33H46O14/c1-16-11-26(44-20(5)36)32(14-41-18(3)34)24(30(16,7)25-12-22-9-10-40-28(22)45-25)13-23(38)27(33(32)15-42-33)46-29(39)31(8,47-21(6)37)17(2)43-19(4)35/h9-10,16-17,22-28,38H,11-15H2,1-8H3/t16-,17?,22-,23-,24-,25+,26+,27-,28+,30+,31?,32+,33-/m1/s1. The van der Waals surface area contributed by atoms with Gasteiger partial charge in [0.25, 0.3) is 0 Å². The second-order valence-electron chi connectivity index (χ2n) is 14.1. The fourth-order valence-electron chi connectivity index (χ4n) is 8.78. The Kier molecular flexibility index (Phi) is 9.21. The first-order valence-electron chi connectivity index (χ1n) is 16.1. The van der Waals surface area contributed by atoms with Gasteiger partial charge in [0.05, 0.1) is 30.5 Å². The second kappa shape index (κ2) is 12.3. The molecule has 0 bridgehead atoms. The van der Waals surface area contributed by atoms with E-state index in [4.69, 9.17) is 37.9 Å². The molecule has 2 unspecified atom stereocenters. The predicted octanol–water partition coefficient (Wildman–Crippen LogP) is 2.12. The number of hydrogen-bond acceptors (Lipinski definition) is 14. The van der Waals surface area contributed by atoms with Gasteiger partial charge in [0.15, 0.2) is 6.10 Å². The largest absolute Gasteiger partial charge is 0.472 e. The molecule has 0 radical (unpaired) electrons. The summed E-state index contributed by atoms with van der Waals surface area (Å²) in [5, 5.41) is 11.9. The number of epoxide rings is 1. The van der Waals surface area contributed by atoms with Crippen molar-refractivity contribution >= 4 is 29.8 Å². The number of aliphatic hydroxyl groups is 1. The van der Waals surface area contributed by atoms with Crippen LogP contribution in [0.3, 0.4) is 0 Å². The van der Waals surface area contributed by atoms with Gasteiger partial charge in [-0.25, -0.2) is 4.79 Å². The molecule has 14 heteroatoms. The zero-order chi connectivity index (χ0) is 34.7. The van der Waals surface area contributed by atoms with Crippen LogP contribution in [-0.2, 0) is 61.9 Å². The van der Waals surface area contributed by atoms with Crippen LogP contribution >= 0.6 is 0 Å². The predicted molar refractivity (Wildman–Crippen MR) is 158 cm³/mol. The van der Waals surface area contributed by atoms with E-state index in [1.54, 1.807) is 6.26 Å². The number of esters is 5. The average molecular weight is 667 g/mol. The molecule has 2 saturated heterocycles. The van der Waals surface area contributed by atoms with Gasteiger partial charge in [-0.15, -0.1) is 0 Å². The minimum absolute atomic E-state index is 0.0264. The van der Waals surface area contributed by atoms with Gasteiger partial charge in [-0.2, -0.15) is 0 Å². The van der Waals surface area contributed by atoms with Gasteiger partial charge >= 0.3 is 29.8 Å². The highest BCUT2D eigenvalue weighted by atomic mass is 16.7. The number of fused-ring (bicyclic) bond motifs is 3. The van der Waals surface area contributed by atoms with E-state index in [0.717, 1.165) is 13.8 Å². The third-order valence-electron chi connectivity index (χ3n) is 11.4. The first-order valence-corrected chi connectivity index (χ1v) is 16.1. The summed E-state index contributed by atoms with van der Waals surface area (Å²) in [5.74, 6) is -4.41. The fraction of sp³-hybridized carbons (Fsp3) is 0.788. The van der Waals surface area contributed by atoms with Gasteiger partial charge in [0.1, 0.15) is 24.4 Å². The maximum Gasteiger partial charge on any atom is 0.354 e. The van der Waals surface area contributed by atoms with Crippen molar-refractivity contribution < 1.29 is 67.0 Å². The Morgan fingerprint density at radius 2 is 1.68 bits per heavy atom. The van der Waals surface area contributed by atoms with Crippen LogP contribution in [0.25, 0.3) is 0 Å². The van der Waals surface area contributed by atoms with Crippen LogP contribution < -0.4 is 0 Å². The number of aliphatic hydroxyl groups excluding tert-OH is 1. The molecule has 0 aromatic heterocycles. The molecule has 0 aromatic rings. The molecule has 3 heterocycles. The molecule has 5 aliphatic rings. The minimum atomic E-state index is -2.10. The Bertz CT molecular complexity index is 1320. The van der Waals surface area contributed by atoms with Crippen molar-refractivity contribution in [1.29, 1.82) is 0 Å². The summed E-state index contributed by atoms with van der Waals surface area (Å²) >= 11 is 0. The Morgan fingerprint density at radius 1 is 1.00 bits per heavy atom. The van der Waals surface area contributed by atoms with Crippen LogP contribution in [0.1, 0.15) is 74.7 Å². The lowest BCUT2D eigenvalue weighted by molar-refractivity contribution is -0.286. The van der Waals surface area contributed by atoms with Gasteiger partial charge in [-0.05, 0) is 51.0 Å². The molecule has 0 aromatic carbocycles. The van der Waals surface area contributed by atoms with Crippen molar-refractivity contribution in [2.24, 2.45) is 28.6 Å². The lowest BCUT2D eigenvalue weighted by atomic mass is 9.41. The van der Waals surface area contributed by atoms with E-state index in [1.165, 1.54) is 27.7 Å². The first-order chi connectivity index (χ1) is 21.9. The number of ether oxygens (including phenoxy) is 8. The summed E-state index contributed by atoms with van der Waals surface area (Å²) in [6, 6.07) is 0. The molecular weight excluding hydrogens is 620 g/mol. The van der Waals surface area contributed by atoms with Gasteiger partial charge in [0, 0.05) is 39.0 Å². The lowest BCUT2D eigenvalue weighted by Crippen LogP contribution is -2.75. The molecule has 0 amide bonds. The molecule has 2 saturated carbocycles. The van der Waals surface area contributed by atoms with E-state index < -0.39 is 88.5 Å². The maximum absolute atomic E-state index is 14.0. The van der Waals surface area contributed by atoms with Gasteiger partial charge < -0.3 is 43.0 Å². The Labute approximate surface area is 273 Å². The molecule has 47 heavy (non-hydrogen) atoms. The molecule has 1 N–H and O–H groups in total. The van der Waals surface area contributed by atoms with Gasteiger partial charge in [-0.3, -0.25) is 19.2 Å². The summed E-state index contributed by atoms with van der Waals surface area (Å²) in [5.41, 5.74) is -5.59. The van der Waals surface area contributed by atoms with Crippen molar-refractivity contribution in [3.63, 3.8) is 0 Å². The van der Waals surface area contributed by atoms with Crippen LogP contribution in [0.2, 0.25) is 0 Å². The molecule has 2 aliphatic carbocycles. The fourth-order valence-corrected chi connectivity index (χ4v) is 8.78. The van der Waals surface area contributed by atoms with Gasteiger partial charge in [-0.1, -0.05) is 13.8 Å². The van der Waals surface area contributed by atoms with Crippen LogP contribution in [0.15, 0.2) is 12.3 Å². The van der Waals surface area contributed by atoms with Crippen molar-refractivity contribution in [1.82, 2.24) is 0 Å². The van der Waals surface area contributed by atoms with Crippen molar-refractivity contribution in [3.05, 3.63) is 12.3 Å². The number of carbonyl (C=O) groups excluding carboxylic acids is 5. The molecule has 14 nitrogen and oxygen atoms in total. The first kappa shape index (κ1) is 35.1. The van der Waals surface area contributed by atoms with Crippen molar-refractivity contribution in [3.8, 4) is 0 Å². The van der Waals surface area contributed by atoms with E-state index in [2.05, 4.69) is 6.92 Å². The van der Waals surface area contributed by atoms with E-state index in [1.807, 2.05) is 13.0 Å². The second-order valence-corrected chi connectivity index (χ2v) is 14.1. The molecule has 5 rings (SSSR count). The summed E-state index contributed by atoms with van der Waals surface area (Å²) in [6.45, 7) is 11.2. The third kappa shape index (κ3) is 5.69. The van der Waals surface area contributed by atoms with Crippen LogP contribution in [0.5, 0.6) is 0 Å². The highest BCUT2D eigenvalue weighted by molar-refractivity contribution is 5.84. The average Bonchev–Trinajstić information content (AvgIpc) is 3.44. The summed E-state index contributed by atoms with van der Waals surface area (Å²) in [7, 11) is 0. The highest BCUT2D eigenvalue weighted by Crippen LogP contribution is 2.70. The van der Waals surface area contributed by atoms with E-state index >= 15 is 0 Å². The smallest absolute Gasteiger partial charge is 0.354 e.